The van der Waals surface area contributed by atoms with E-state index in [0.29, 0.717) is 11.3 Å². The molecule has 1 atom stereocenters. The highest BCUT2D eigenvalue weighted by molar-refractivity contribution is 7.89. The fraction of sp³-hybridized carbons (Fsp3) is 0.133. The van der Waals surface area contributed by atoms with Gasteiger partial charge in [0.05, 0.1) is 10.6 Å². The first-order chi connectivity index (χ1) is 10.3. The van der Waals surface area contributed by atoms with Gasteiger partial charge in [-0.15, -0.1) is 0 Å². The summed E-state index contributed by atoms with van der Waals surface area (Å²) in [4.78, 5) is -0.00148. The number of hydrogen-bond donors (Lipinski definition) is 2. The first kappa shape index (κ1) is 15.9. The Bertz CT molecular complexity index is 844. The van der Waals surface area contributed by atoms with Gasteiger partial charge in [0.1, 0.15) is 17.4 Å². The summed E-state index contributed by atoms with van der Waals surface area (Å²) in [6.07, 6.45) is 0. The van der Waals surface area contributed by atoms with Crippen LogP contribution >= 0.6 is 0 Å². The minimum Gasteiger partial charge on any atom is -0.377 e. The Balaban J connectivity index is 2.33. The van der Waals surface area contributed by atoms with Gasteiger partial charge < -0.3 is 5.32 Å². The molecule has 3 N–H and O–H groups in total. The zero-order chi connectivity index (χ0) is 16.3. The number of anilines is 1. The number of nitriles is 1. The van der Waals surface area contributed by atoms with E-state index in [1.165, 1.54) is 24.3 Å². The lowest BCUT2D eigenvalue weighted by atomic mass is 10.1. The average Bonchev–Trinajstić information content (AvgIpc) is 2.47. The molecule has 0 saturated carbocycles. The lowest BCUT2D eigenvalue weighted by Crippen LogP contribution is -2.14. The van der Waals surface area contributed by atoms with Crippen LogP contribution in [-0.4, -0.2) is 8.42 Å². The standard InChI is InChI=1S/C15H14FN3O2S/c1-10(11-4-2-5-12(8-11)22(18,20)21)19-15-7-3-6-14(16)13(15)9-17/h2-8,10,19H,1H3,(H2,18,20,21)/t10-/m0/s1. The highest BCUT2D eigenvalue weighted by atomic mass is 32.2. The van der Waals surface area contributed by atoms with E-state index in [4.69, 9.17) is 10.4 Å². The Labute approximate surface area is 128 Å². The Kier molecular flexibility index (Phi) is 4.45. The average molecular weight is 319 g/mol. The molecule has 0 spiro atoms. The zero-order valence-corrected chi connectivity index (χ0v) is 12.6. The summed E-state index contributed by atoms with van der Waals surface area (Å²) in [5.74, 6) is -0.613. The molecule has 2 rings (SSSR count). The maximum Gasteiger partial charge on any atom is 0.238 e. The molecule has 5 nitrogen and oxygen atoms in total. The van der Waals surface area contributed by atoms with E-state index in [0.717, 1.165) is 0 Å². The Hall–Kier alpha value is -2.43. The first-order valence-corrected chi connectivity index (χ1v) is 7.95. The van der Waals surface area contributed by atoms with E-state index in [2.05, 4.69) is 5.32 Å². The second-order valence-corrected chi connectivity index (χ2v) is 6.32. The highest BCUT2D eigenvalue weighted by Gasteiger charge is 2.14. The molecule has 2 aromatic carbocycles. The summed E-state index contributed by atoms with van der Waals surface area (Å²) < 4.78 is 36.3. The molecule has 0 radical (unpaired) electrons. The molecular formula is C15H14FN3O2S. The monoisotopic (exact) mass is 319 g/mol. The van der Waals surface area contributed by atoms with E-state index in [-0.39, 0.29) is 16.5 Å². The van der Waals surface area contributed by atoms with Crippen molar-refractivity contribution in [1.29, 1.82) is 5.26 Å². The van der Waals surface area contributed by atoms with Crippen molar-refractivity contribution in [3.63, 3.8) is 0 Å². The van der Waals surface area contributed by atoms with Gasteiger partial charge in [0.25, 0.3) is 0 Å². The van der Waals surface area contributed by atoms with Crippen LogP contribution in [0, 0.1) is 17.1 Å². The molecule has 0 heterocycles. The Morgan fingerprint density at radius 3 is 2.59 bits per heavy atom. The van der Waals surface area contributed by atoms with E-state index < -0.39 is 15.8 Å². The molecule has 0 bridgehead atoms. The fourth-order valence-corrected chi connectivity index (χ4v) is 2.60. The van der Waals surface area contributed by atoms with Crippen LogP contribution in [0.1, 0.15) is 24.1 Å². The van der Waals surface area contributed by atoms with Crippen molar-refractivity contribution < 1.29 is 12.8 Å². The van der Waals surface area contributed by atoms with Crippen molar-refractivity contribution in [2.75, 3.05) is 5.32 Å². The zero-order valence-electron chi connectivity index (χ0n) is 11.7. The third-order valence-electron chi connectivity index (χ3n) is 3.18. The molecular weight excluding hydrogens is 305 g/mol. The van der Waals surface area contributed by atoms with E-state index >= 15 is 0 Å². The van der Waals surface area contributed by atoms with E-state index in [1.54, 1.807) is 31.2 Å². The van der Waals surface area contributed by atoms with Crippen molar-refractivity contribution in [2.24, 2.45) is 5.14 Å². The topological polar surface area (TPSA) is 96.0 Å². The van der Waals surface area contributed by atoms with Gasteiger partial charge in [0.15, 0.2) is 0 Å². The minimum absolute atomic E-state index is 0.00148. The molecule has 0 aliphatic carbocycles. The van der Waals surface area contributed by atoms with Crippen LogP contribution in [0.2, 0.25) is 0 Å². The fourth-order valence-electron chi connectivity index (χ4n) is 2.04. The van der Waals surface area contributed by atoms with Crippen LogP contribution in [0.5, 0.6) is 0 Å². The van der Waals surface area contributed by atoms with Gasteiger partial charge in [0, 0.05) is 6.04 Å². The third-order valence-corrected chi connectivity index (χ3v) is 4.10. The van der Waals surface area contributed by atoms with Gasteiger partial charge in [-0.2, -0.15) is 5.26 Å². The number of nitrogens with one attached hydrogen (secondary N) is 1. The summed E-state index contributed by atoms with van der Waals surface area (Å²) >= 11 is 0. The predicted octanol–water partition coefficient (Wildman–Crippen LogP) is 2.52. The van der Waals surface area contributed by atoms with Crippen LogP contribution in [0.4, 0.5) is 10.1 Å². The number of nitrogens with zero attached hydrogens (tertiary/aromatic N) is 1. The molecule has 2 aromatic rings. The van der Waals surface area contributed by atoms with Crippen LogP contribution in [0.25, 0.3) is 0 Å². The van der Waals surface area contributed by atoms with Gasteiger partial charge in [0.2, 0.25) is 10.0 Å². The maximum absolute atomic E-state index is 13.6. The summed E-state index contributed by atoms with van der Waals surface area (Å²) in [5, 5.41) is 17.1. The molecule has 0 saturated heterocycles. The SMILES string of the molecule is C[C@H](Nc1cccc(F)c1C#N)c1cccc(S(N)(=O)=O)c1. The van der Waals surface area contributed by atoms with Crippen LogP contribution in [0.3, 0.4) is 0 Å². The van der Waals surface area contributed by atoms with Crippen molar-refractivity contribution in [3.8, 4) is 6.07 Å². The number of sulfonamides is 1. The van der Waals surface area contributed by atoms with Gasteiger partial charge in [-0.3, -0.25) is 0 Å². The quantitative estimate of drug-likeness (QED) is 0.905. The predicted molar refractivity (Wildman–Crippen MR) is 81.0 cm³/mol. The first-order valence-electron chi connectivity index (χ1n) is 6.41. The number of hydrogen-bond acceptors (Lipinski definition) is 4. The highest BCUT2D eigenvalue weighted by Crippen LogP contribution is 2.24. The molecule has 0 aromatic heterocycles. The van der Waals surface area contributed by atoms with Gasteiger partial charge >= 0.3 is 0 Å². The second kappa shape index (κ2) is 6.13. The molecule has 0 aliphatic heterocycles. The maximum atomic E-state index is 13.6. The normalized spacial score (nSPS) is 12.5. The van der Waals surface area contributed by atoms with Crippen LogP contribution in [-0.2, 0) is 10.0 Å². The second-order valence-electron chi connectivity index (χ2n) is 4.76. The Morgan fingerprint density at radius 2 is 1.95 bits per heavy atom. The van der Waals surface area contributed by atoms with Crippen molar-refractivity contribution >= 4 is 15.7 Å². The van der Waals surface area contributed by atoms with E-state index in [9.17, 15) is 12.8 Å². The van der Waals surface area contributed by atoms with Gasteiger partial charge in [-0.25, -0.2) is 17.9 Å². The number of rotatable bonds is 4. The Morgan fingerprint density at radius 1 is 1.27 bits per heavy atom. The number of benzene rings is 2. The molecule has 0 unspecified atom stereocenters. The molecule has 7 heteroatoms. The third kappa shape index (κ3) is 3.42. The molecule has 0 aliphatic rings. The lowest BCUT2D eigenvalue weighted by Gasteiger charge is -2.17. The minimum atomic E-state index is -3.79. The number of primary sulfonamides is 1. The van der Waals surface area contributed by atoms with Crippen molar-refractivity contribution in [1.82, 2.24) is 0 Å². The van der Waals surface area contributed by atoms with Gasteiger partial charge in [-0.1, -0.05) is 18.2 Å². The van der Waals surface area contributed by atoms with E-state index in [1.807, 2.05) is 0 Å². The number of halogens is 1. The largest absolute Gasteiger partial charge is 0.377 e. The summed E-state index contributed by atoms with van der Waals surface area (Å²) in [7, 11) is -3.79. The van der Waals surface area contributed by atoms with Crippen LogP contribution in [0.15, 0.2) is 47.4 Å². The summed E-state index contributed by atoms with van der Waals surface area (Å²) in [6, 6.07) is 11.9. The lowest BCUT2D eigenvalue weighted by molar-refractivity contribution is 0.597. The molecule has 0 fully saturated rings. The summed E-state index contributed by atoms with van der Waals surface area (Å²) in [5.41, 5.74) is 0.910. The molecule has 22 heavy (non-hydrogen) atoms. The summed E-state index contributed by atoms with van der Waals surface area (Å²) in [6.45, 7) is 1.77. The molecule has 0 amide bonds. The number of nitrogens with two attached hydrogens (primary N) is 1. The van der Waals surface area contributed by atoms with Crippen molar-refractivity contribution in [3.05, 3.63) is 59.4 Å². The molecule has 114 valence electrons. The van der Waals surface area contributed by atoms with Gasteiger partial charge in [-0.05, 0) is 36.8 Å². The van der Waals surface area contributed by atoms with Crippen molar-refractivity contribution in [2.45, 2.75) is 17.9 Å². The van der Waals surface area contributed by atoms with Crippen LogP contribution < -0.4 is 10.5 Å². The smallest absolute Gasteiger partial charge is 0.238 e.